The number of aromatic nitrogens is 1. The first-order valence-corrected chi connectivity index (χ1v) is 9.28. The van der Waals surface area contributed by atoms with Crippen molar-refractivity contribution in [3.05, 3.63) is 35.2 Å². The van der Waals surface area contributed by atoms with E-state index in [1.54, 1.807) is 0 Å². The van der Waals surface area contributed by atoms with Crippen molar-refractivity contribution in [1.29, 1.82) is 5.41 Å². The predicted octanol–water partition coefficient (Wildman–Crippen LogP) is 1.02. The number of rotatable bonds is 7. The molecule has 1 amide bonds. The standard InChI is InChI=1S/C14H15FN6O5S2/c1-20(14(16)17)5-10(22)19-9-3-2-7(4-8(9)15)21(28(25)26)12-11(13(23)24)18-6-27-12/h2-4,6H,5H2,1H3,(H3,16,17)(H,19,22)(H,23,24)(H,25,26). The Bertz CT molecular complexity index is 952. The van der Waals surface area contributed by atoms with Gasteiger partial charge in [0.1, 0.15) is 10.8 Å². The van der Waals surface area contributed by atoms with E-state index in [1.165, 1.54) is 18.6 Å². The second kappa shape index (κ2) is 8.73. The van der Waals surface area contributed by atoms with Crippen LogP contribution in [0.25, 0.3) is 0 Å². The van der Waals surface area contributed by atoms with E-state index < -0.39 is 34.7 Å². The van der Waals surface area contributed by atoms with Gasteiger partial charge in [0.15, 0.2) is 11.7 Å². The zero-order valence-corrected chi connectivity index (χ0v) is 15.9. The third kappa shape index (κ3) is 4.79. The van der Waals surface area contributed by atoms with Crippen molar-refractivity contribution < 1.29 is 27.8 Å². The van der Waals surface area contributed by atoms with E-state index in [0.29, 0.717) is 4.31 Å². The number of hydrogen-bond acceptors (Lipinski definition) is 6. The first-order valence-electron chi connectivity index (χ1n) is 7.34. The summed E-state index contributed by atoms with van der Waals surface area (Å²) in [6, 6.07) is 3.24. The van der Waals surface area contributed by atoms with Crippen molar-refractivity contribution in [3.8, 4) is 0 Å². The number of halogens is 1. The van der Waals surface area contributed by atoms with Crippen LogP contribution in [0.15, 0.2) is 23.7 Å². The third-order valence-electron chi connectivity index (χ3n) is 3.35. The van der Waals surface area contributed by atoms with E-state index >= 15 is 0 Å². The van der Waals surface area contributed by atoms with Gasteiger partial charge in [-0.3, -0.25) is 14.8 Å². The zero-order chi connectivity index (χ0) is 21.0. The van der Waals surface area contributed by atoms with Gasteiger partial charge in [-0.25, -0.2) is 22.7 Å². The maximum Gasteiger partial charge on any atom is 0.357 e. The van der Waals surface area contributed by atoms with Gasteiger partial charge < -0.3 is 21.1 Å². The molecule has 150 valence electrons. The predicted molar refractivity (Wildman–Crippen MR) is 102 cm³/mol. The number of hydrogen-bond donors (Lipinski definition) is 5. The van der Waals surface area contributed by atoms with Gasteiger partial charge in [0, 0.05) is 13.1 Å². The van der Waals surface area contributed by atoms with Crippen molar-refractivity contribution in [2.75, 3.05) is 23.2 Å². The van der Waals surface area contributed by atoms with Crippen LogP contribution in [0.4, 0.5) is 20.8 Å². The van der Waals surface area contributed by atoms with Crippen LogP contribution in [-0.4, -0.2) is 55.2 Å². The number of nitrogens with two attached hydrogens (primary N) is 1. The number of carbonyl (C=O) groups is 2. The van der Waals surface area contributed by atoms with E-state index in [-0.39, 0.29) is 28.9 Å². The maximum absolute atomic E-state index is 14.4. The molecule has 28 heavy (non-hydrogen) atoms. The molecule has 0 aliphatic heterocycles. The van der Waals surface area contributed by atoms with Gasteiger partial charge in [-0.2, -0.15) is 0 Å². The monoisotopic (exact) mass is 430 g/mol. The largest absolute Gasteiger partial charge is 0.476 e. The van der Waals surface area contributed by atoms with E-state index in [1.807, 2.05) is 0 Å². The first kappa shape index (κ1) is 21.2. The molecule has 2 rings (SSSR count). The Labute approximate surface area is 164 Å². The molecule has 11 nitrogen and oxygen atoms in total. The number of guanidine groups is 1. The lowest BCUT2D eigenvalue weighted by Gasteiger charge is -2.19. The summed E-state index contributed by atoms with van der Waals surface area (Å²) in [5, 5.41) is 18.4. The van der Waals surface area contributed by atoms with E-state index in [2.05, 4.69) is 10.3 Å². The van der Waals surface area contributed by atoms with Crippen molar-refractivity contribution >= 4 is 56.8 Å². The summed E-state index contributed by atoms with van der Waals surface area (Å²) < 4.78 is 36.4. The van der Waals surface area contributed by atoms with Crippen LogP contribution in [0.2, 0.25) is 0 Å². The fourth-order valence-corrected chi connectivity index (χ4v) is 3.58. The minimum absolute atomic E-state index is 0.121. The summed E-state index contributed by atoms with van der Waals surface area (Å²) in [5.74, 6) is -3.31. The van der Waals surface area contributed by atoms with Crippen LogP contribution < -0.4 is 15.4 Å². The molecule has 0 bridgehead atoms. The topological polar surface area (TPSA) is 173 Å². The lowest BCUT2D eigenvalue weighted by Crippen LogP contribution is -2.38. The molecule has 0 saturated carbocycles. The minimum atomic E-state index is -2.71. The SMILES string of the molecule is CN(CC(=O)Nc1ccc(N(c2scnc2C(=O)O)S(=O)O)cc1F)C(=N)N. The van der Waals surface area contributed by atoms with Crippen LogP contribution >= 0.6 is 11.3 Å². The lowest BCUT2D eigenvalue weighted by atomic mass is 10.2. The van der Waals surface area contributed by atoms with E-state index in [4.69, 9.17) is 16.2 Å². The second-order valence-electron chi connectivity index (χ2n) is 5.29. The summed E-state index contributed by atoms with van der Waals surface area (Å²) >= 11 is -1.92. The van der Waals surface area contributed by atoms with Gasteiger partial charge in [-0.15, -0.1) is 11.3 Å². The molecule has 1 aromatic heterocycles. The highest BCUT2D eigenvalue weighted by atomic mass is 32.2. The number of nitrogens with zero attached hydrogens (tertiary/aromatic N) is 3. The second-order valence-corrected chi connectivity index (χ2v) is 6.95. The van der Waals surface area contributed by atoms with Crippen molar-refractivity contribution in [1.82, 2.24) is 9.88 Å². The maximum atomic E-state index is 14.4. The molecule has 1 heterocycles. The highest BCUT2D eigenvalue weighted by molar-refractivity contribution is 7.81. The molecule has 6 N–H and O–H groups in total. The molecule has 0 fully saturated rings. The fourth-order valence-electron chi connectivity index (χ4n) is 2.03. The summed E-state index contributed by atoms with van der Waals surface area (Å²) in [5.41, 5.74) is 5.60. The Kier molecular flexibility index (Phi) is 6.61. The number of aromatic carboxylic acids is 1. The molecular formula is C14H15FN6O5S2. The normalized spacial score (nSPS) is 11.5. The van der Waals surface area contributed by atoms with Crippen molar-refractivity contribution in [3.63, 3.8) is 0 Å². The highest BCUT2D eigenvalue weighted by Gasteiger charge is 2.25. The molecular weight excluding hydrogens is 415 g/mol. The molecule has 14 heteroatoms. The molecule has 0 radical (unpaired) electrons. The average Bonchev–Trinajstić information content (AvgIpc) is 3.06. The van der Waals surface area contributed by atoms with Crippen LogP contribution in [0.3, 0.4) is 0 Å². The number of benzene rings is 1. The van der Waals surface area contributed by atoms with Gasteiger partial charge in [-0.1, -0.05) is 0 Å². The minimum Gasteiger partial charge on any atom is -0.476 e. The van der Waals surface area contributed by atoms with Gasteiger partial charge >= 0.3 is 5.97 Å². The zero-order valence-electron chi connectivity index (χ0n) is 14.2. The number of nitrogens with one attached hydrogen (secondary N) is 2. The average molecular weight is 430 g/mol. The Morgan fingerprint density at radius 2 is 2.14 bits per heavy atom. The Morgan fingerprint density at radius 1 is 1.46 bits per heavy atom. The van der Waals surface area contributed by atoms with Crippen LogP contribution in [0.1, 0.15) is 10.5 Å². The van der Waals surface area contributed by atoms with Gasteiger partial charge in [0.2, 0.25) is 5.91 Å². The molecule has 1 atom stereocenters. The first-order chi connectivity index (χ1) is 13.1. The molecule has 0 saturated heterocycles. The van der Waals surface area contributed by atoms with Gasteiger partial charge in [0.25, 0.3) is 11.3 Å². The molecule has 0 spiro atoms. The smallest absolute Gasteiger partial charge is 0.357 e. The summed E-state index contributed by atoms with van der Waals surface area (Å²) in [6.07, 6.45) is 0. The molecule has 0 aliphatic carbocycles. The summed E-state index contributed by atoms with van der Waals surface area (Å²) in [6.45, 7) is -0.286. The summed E-state index contributed by atoms with van der Waals surface area (Å²) in [4.78, 5) is 27.8. The Balaban J connectivity index is 2.29. The molecule has 2 aromatic rings. The summed E-state index contributed by atoms with van der Waals surface area (Å²) in [7, 11) is 1.41. The number of amides is 1. The number of carbonyl (C=O) groups excluding carboxylic acids is 1. The van der Waals surface area contributed by atoms with Crippen molar-refractivity contribution in [2.45, 2.75) is 0 Å². The quantitative estimate of drug-likeness (QED) is 0.246. The molecule has 1 aromatic carbocycles. The Hall–Kier alpha value is -3.10. The third-order valence-corrected chi connectivity index (χ3v) is 4.98. The molecule has 1 unspecified atom stereocenters. The molecule has 0 aliphatic rings. The number of carboxylic acids is 1. The lowest BCUT2D eigenvalue weighted by molar-refractivity contribution is -0.116. The number of carboxylic acid groups (broad SMARTS) is 1. The Morgan fingerprint density at radius 3 is 2.68 bits per heavy atom. The van der Waals surface area contributed by atoms with Crippen LogP contribution in [-0.2, 0) is 16.1 Å². The van der Waals surface area contributed by atoms with Gasteiger partial charge in [0.05, 0.1) is 23.4 Å². The van der Waals surface area contributed by atoms with Crippen molar-refractivity contribution in [2.24, 2.45) is 5.73 Å². The van der Waals surface area contributed by atoms with Crippen LogP contribution in [0, 0.1) is 11.2 Å². The van der Waals surface area contributed by atoms with Gasteiger partial charge in [-0.05, 0) is 12.1 Å². The van der Waals surface area contributed by atoms with Crippen LogP contribution in [0.5, 0.6) is 0 Å². The van der Waals surface area contributed by atoms with E-state index in [9.17, 15) is 22.7 Å². The highest BCUT2D eigenvalue weighted by Crippen LogP contribution is 2.34. The fraction of sp³-hybridized carbons (Fsp3) is 0.143. The number of thiazole rings is 1. The van der Waals surface area contributed by atoms with E-state index in [0.717, 1.165) is 28.4 Å². The number of likely N-dealkylation sites (N-methyl/N-ethyl adjacent to an activating group) is 1. The number of anilines is 3.